The van der Waals surface area contributed by atoms with E-state index < -0.39 is 0 Å². The molecular formula is C22H22N6O. The molecule has 3 aromatic heterocycles. The molecule has 1 atom stereocenters. The quantitative estimate of drug-likeness (QED) is 0.467. The number of rotatable bonds is 5. The molecule has 4 rings (SSSR count). The smallest absolute Gasteiger partial charge is 0.320 e. The number of hydrogen-bond donors (Lipinski definition) is 3. The molecule has 7 nitrogen and oxygen atoms in total. The van der Waals surface area contributed by atoms with Crippen molar-refractivity contribution < 1.29 is 4.79 Å². The van der Waals surface area contributed by atoms with Gasteiger partial charge in [-0.15, -0.1) is 0 Å². The summed E-state index contributed by atoms with van der Waals surface area (Å²) in [6, 6.07) is 15.2. The summed E-state index contributed by atoms with van der Waals surface area (Å²) < 4.78 is 0. The normalized spacial score (nSPS) is 11.9. The molecule has 2 amide bonds. The Morgan fingerprint density at radius 3 is 2.72 bits per heavy atom. The van der Waals surface area contributed by atoms with Gasteiger partial charge in [0.25, 0.3) is 0 Å². The highest BCUT2D eigenvalue weighted by molar-refractivity contribution is 5.95. The Morgan fingerprint density at radius 2 is 1.97 bits per heavy atom. The third-order valence-corrected chi connectivity index (χ3v) is 4.77. The van der Waals surface area contributed by atoms with Crippen LogP contribution >= 0.6 is 0 Å². The number of carbonyl (C=O) groups is 1. The summed E-state index contributed by atoms with van der Waals surface area (Å²) in [7, 11) is 0. The monoisotopic (exact) mass is 386 g/mol. The van der Waals surface area contributed by atoms with Crippen LogP contribution < -0.4 is 10.6 Å². The number of fused-ring (bicyclic) bond motifs is 1. The number of aryl methyl sites for hydroxylation is 1. The molecular weight excluding hydrogens is 364 g/mol. The van der Waals surface area contributed by atoms with E-state index in [0.29, 0.717) is 5.82 Å². The van der Waals surface area contributed by atoms with Crippen LogP contribution in [0.1, 0.15) is 30.6 Å². The maximum absolute atomic E-state index is 12.5. The van der Waals surface area contributed by atoms with Crippen molar-refractivity contribution in [1.29, 1.82) is 0 Å². The second-order valence-corrected chi connectivity index (χ2v) is 6.84. The highest BCUT2D eigenvalue weighted by Crippen LogP contribution is 2.27. The fraction of sp³-hybridized carbons (Fsp3) is 0.182. The minimum atomic E-state index is -0.294. The highest BCUT2D eigenvalue weighted by atomic mass is 16.2. The van der Waals surface area contributed by atoms with Crippen LogP contribution in [0, 0.1) is 6.92 Å². The Kier molecular flexibility index (Phi) is 5.20. The van der Waals surface area contributed by atoms with Gasteiger partial charge in [-0.25, -0.2) is 9.78 Å². The van der Waals surface area contributed by atoms with Gasteiger partial charge in [-0.2, -0.15) is 5.10 Å². The van der Waals surface area contributed by atoms with E-state index in [4.69, 9.17) is 0 Å². The van der Waals surface area contributed by atoms with Crippen molar-refractivity contribution in [3.8, 4) is 11.3 Å². The van der Waals surface area contributed by atoms with Gasteiger partial charge in [-0.1, -0.05) is 37.3 Å². The maximum Gasteiger partial charge on any atom is 0.320 e. The minimum absolute atomic E-state index is 0.0615. The number of amides is 2. The number of aromatic amines is 1. The summed E-state index contributed by atoms with van der Waals surface area (Å²) in [5.74, 6) is 0.457. The second-order valence-electron chi connectivity index (χ2n) is 6.84. The number of pyridine rings is 2. The van der Waals surface area contributed by atoms with E-state index >= 15 is 0 Å². The first-order valence-corrected chi connectivity index (χ1v) is 9.53. The molecule has 0 saturated heterocycles. The molecule has 0 aliphatic carbocycles. The van der Waals surface area contributed by atoms with Crippen molar-refractivity contribution in [2.75, 3.05) is 5.32 Å². The molecule has 0 aliphatic heterocycles. The molecule has 4 aromatic rings. The zero-order valence-electron chi connectivity index (χ0n) is 16.3. The van der Waals surface area contributed by atoms with E-state index in [2.05, 4.69) is 30.8 Å². The average Bonchev–Trinajstić information content (AvgIpc) is 3.16. The van der Waals surface area contributed by atoms with Crippen LogP contribution in [0.3, 0.4) is 0 Å². The van der Waals surface area contributed by atoms with E-state index in [9.17, 15) is 4.79 Å². The summed E-state index contributed by atoms with van der Waals surface area (Å²) in [5, 5.41) is 14.1. The molecule has 0 spiro atoms. The van der Waals surface area contributed by atoms with Crippen LogP contribution in [0.4, 0.5) is 10.6 Å². The highest BCUT2D eigenvalue weighted by Gasteiger charge is 2.14. The lowest BCUT2D eigenvalue weighted by Crippen LogP contribution is -2.32. The Balaban J connectivity index is 1.51. The molecule has 0 saturated carbocycles. The van der Waals surface area contributed by atoms with E-state index in [0.717, 1.165) is 39.8 Å². The van der Waals surface area contributed by atoms with Crippen LogP contribution in [0.25, 0.3) is 22.2 Å². The molecule has 0 fully saturated rings. The lowest BCUT2D eigenvalue weighted by molar-refractivity contribution is 0.248. The van der Waals surface area contributed by atoms with Gasteiger partial charge in [0.05, 0.1) is 11.6 Å². The molecule has 0 unspecified atom stereocenters. The number of H-pyrrole nitrogens is 1. The van der Waals surface area contributed by atoms with Crippen LogP contribution in [-0.2, 0) is 0 Å². The van der Waals surface area contributed by atoms with Gasteiger partial charge in [-0.05, 0) is 31.0 Å². The lowest BCUT2D eigenvalue weighted by atomic mass is 10.1. The van der Waals surface area contributed by atoms with Crippen molar-refractivity contribution in [3.63, 3.8) is 0 Å². The molecule has 146 valence electrons. The maximum atomic E-state index is 12.5. The molecule has 1 aromatic carbocycles. The number of hydrogen-bond acceptors (Lipinski definition) is 4. The number of benzene rings is 1. The molecule has 3 heterocycles. The Bertz CT molecular complexity index is 1140. The molecule has 0 aliphatic rings. The SMILES string of the molecule is CC[C@H](NC(=O)Nc1cc2[nH]nc(-c3ccnc(C)c3)c2cn1)c1ccccc1. The van der Waals surface area contributed by atoms with Gasteiger partial charge in [0.2, 0.25) is 0 Å². The fourth-order valence-electron chi connectivity index (χ4n) is 3.31. The number of anilines is 1. The fourth-order valence-corrected chi connectivity index (χ4v) is 3.31. The predicted molar refractivity (Wildman–Crippen MR) is 113 cm³/mol. The second kappa shape index (κ2) is 8.10. The average molecular weight is 386 g/mol. The molecule has 3 N–H and O–H groups in total. The van der Waals surface area contributed by atoms with Crippen molar-refractivity contribution in [1.82, 2.24) is 25.5 Å². The van der Waals surface area contributed by atoms with Crippen LogP contribution in [0.15, 0.2) is 60.9 Å². The molecule has 7 heteroatoms. The lowest BCUT2D eigenvalue weighted by Gasteiger charge is -2.17. The molecule has 0 bridgehead atoms. The number of urea groups is 1. The van der Waals surface area contributed by atoms with Crippen LogP contribution in [0.5, 0.6) is 0 Å². The summed E-state index contributed by atoms with van der Waals surface area (Å²) >= 11 is 0. The standard InChI is InChI=1S/C22H22N6O/c1-3-18(15-7-5-4-6-8-15)25-22(29)26-20-12-19-17(13-24-20)21(28-27-19)16-9-10-23-14(2)11-16/h4-13,18H,3H2,1-2H3,(H,27,28)(H2,24,25,26,29)/t18-/m0/s1. The predicted octanol–water partition coefficient (Wildman–Crippen LogP) is 4.60. The number of carbonyl (C=O) groups excluding carboxylic acids is 1. The van der Waals surface area contributed by atoms with Crippen LogP contribution in [-0.4, -0.2) is 26.2 Å². The van der Waals surface area contributed by atoms with Gasteiger partial charge >= 0.3 is 6.03 Å². The topological polar surface area (TPSA) is 95.6 Å². The van der Waals surface area contributed by atoms with Gasteiger partial charge in [0.1, 0.15) is 11.5 Å². The van der Waals surface area contributed by atoms with E-state index in [1.54, 1.807) is 18.5 Å². The first-order valence-electron chi connectivity index (χ1n) is 9.53. The van der Waals surface area contributed by atoms with Crippen molar-refractivity contribution in [3.05, 3.63) is 72.2 Å². The van der Waals surface area contributed by atoms with Crippen molar-refractivity contribution in [2.45, 2.75) is 26.3 Å². The van der Waals surface area contributed by atoms with Gasteiger partial charge in [0.15, 0.2) is 0 Å². The Hall–Kier alpha value is -3.74. The number of nitrogens with zero attached hydrogens (tertiary/aromatic N) is 3. The number of nitrogens with one attached hydrogen (secondary N) is 3. The van der Waals surface area contributed by atoms with Crippen molar-refractivity contribution >= 4 is 22.8 Å². The van der Waals surface area contributed by atoms with Crippen molar-refractivity contribution in [2.24, 2.45) is 0 Å². The third-order valence-electron chi connectivity index (χ3n) is 4.77. The summed E-state index contributed by atoms with van der Waals surface area (Å²) in [5.41, 5.74) is 4.57. The van der Waals surface area contributed by atoms with E-state index in [-0.39, 0.29) is 12.1 Å². The minimum Gasteiger partial charge on any atom is -0.331 e. The van der Waals surface area contributed by atoms with Gasteiger partial charge in [0, 0.05) is 35.1 Å². The largest absolute Gasteiger partial charge is 0.331 e. The van der Waals surface area contributed by atoms with Gasteiger partial charge in [-0.3, -0.25) is 15.4 Å². The van der Waals surface area contributed by atoms with Crippen LogP contribution in [0.2, 0.25) is 0 Å². The molecule has 0 radical (unpaired) electrons. The first kappa shape index (κ1) is 18.6. The summed E-state index contributed by atoms with van der Waals surface area (Å²) in [6.45, 7) is 3.98. The summed E-state index contributed by atoms with van der Waals surface area (Å²) in [6.07, 6.45) is 4.27. The Morgan fingerprint density at radius 1 is 1.14 bits per heavy atom. The van der Waals surface area contributed by atoms with E-state index in [1.165, 1.54) is 0 Å². The van der Waals surface area contributed by atoms with E-state index in [1.807, 2.05) is 56.3 Å². The molecule has 29 heavy (non-hydrogen) atoms. The third kappa shape index (κ3) is 4.08. The number of aromatic nitrogens is 4. The Labute approximate surface area is 168 Å². The zero-order valence-corrected chi connectivity index (χ0v) is 16.3. The summed E-state index contributed by atoms with van der Waals surface area (Å²) in [4.78, 5) is 21.1. The first-order chi connectivity index (χ1) is 14.1. The van der Waals surface area contributed by atoms with Gasteiger partial charge < -0.3 is 5.32 Å². The zero-order chi connectivity index (χ0) is 20.2.